The first-order valence-electron chi connectivity index (χ1n) is 10.5. The summed E-state index contributed by atoms with van der Waals surface area (Å²) in [5, 5.41) is 0. The number of benzene rings is 1. The second-order valence-electron chi connectivity index (χ2n) is 8.59. The van der Waals surface area contributed by atoms with Crippen LogP contribution in [0.25, 0.3) is 0 Å². The molecule has 2 saturated heterocycles. The van der Waals surface area contributed by atoms with E-state index < -0.39 is 42.9 Å². The number of rotatable bonds is 4. The van der Waals surface area contributed by atoms with Crippen LogP contribution >= 0.6 is 0 Å². The van der Waals surface area contributed by atoms with E-state index in [2.05, 4.69) is 0 Å². The summed E-state index contributed by atoms with van der Waals surface area (Å²) in [5.74, 6) is -0.989. The van der Waals surface area contributed by atoms with Crippen LogP contribution in [0.15, 0.2) is 24.3 Å². The number of fused-ring (bicyclic) bond motifs is 3. The molecule has 5 nitrogen and oxygen atoms in total. The summed E-state index contributed by atoms with van der Waals surface area (Å²) < 4.78 is 95.5. The largest absolute Gasteiger partial charge is 0.443 e. The van der Waals surface area contributed by atoms with Gasteiger partial charge in [-0.15, -0.1) is 0 Å². The van der Waals surface area contributed by atoms with Gasteiger partial charge < -0.3 is 9.64 Å². The Morgan fingerprint density at radius 3 is 2.21 bits per heavy atom. The number of nitrogens with zero attached hydrogens (tertiary/aromatic N) is 2. The number of hydrogen-bond acceptors (Lipinski definition) is 3. The van der Waals surface area contributed by atoms with Crippen LogP contribution in [-0.2, 0) is 16.0 Å². The minimum atomic E-state index is -6.18. The number of carbonyl (C=O) groups is 2. The van der Waals surface area contributed by atoms with E-state index in [9.17, 15) is 40.3 Å². The molecule has 2 fully saturated rings. The van der Waals surface area contributed by atoms with Crippen molar-refractivity contribution in [3.8, 4) is 0 Å². The number of ether oxygens (including phenoxy) is 1. The molecule has 0 radical (unpaired) electrons. The van der Waals surface area contributed by atoms with E-state index in [0.29, 0.717) is 6.42 Å². The van der Waals surface area contributed by atoms with Gasteiger partial charge in [0.25, 0.3) is 5.67 Å². The predicted molar refractivity (Wildman–Crippen MR) is 99.8 cm³/mol. The molecule has 0 N–H and O–H groups in total. The summed E-state index contributed by atoms with van der Waals surface area (Å²) in [7, 11) is 0. The number of likely N-dealkylation sites (tertiary alicyclic amines) is 1. The minimum Gasteiger partial charge on any atom is -0.443 e. The van der Waals surface area contributed by atoms with Crippen LogP contribution in [0, 0.1) is 0 Å². The zero-order valence-electron chi connectivity index (χ0n) is 17.3. The lowest BCUT2D eigenvalue weighted by Crippen LogP contribution is -2.54. The molecule has 182 valence electrons. The van der Waals surface area contributed by atoms with Crippen LogP contribution in [0.4, 0.5) is 35.5 Å². The first kappa shape index (κ1) is 23.6. The van der Waals surface area contributed by atoms with Crippen molar-refractivity contribution in [3.63, 3.8) is 0 Å². The van der Waals surface area contributed by atoms with E-state index in [-0.39, 0.29) is 44.1 Å². The summed E-state index contributed by atoms with van der Waals surface area (Å²) in [6, 6.07) is 7.04. The molecule has 0 spiro atoms. The van der Waals surface area contributed by atoms with Gasteiger partial charge in [-0.2, -0.15) is 26.3 Å². The van der Waals surface area contributed by atoms with E-state index in [1.165, 1.54) is 0 Å². The van der Waals surface area contributed by atoms with Gasteiger partial charge in [0, 0.05) is 38.4 Å². The summed E-state index contributed by atoms with van der Waals surface area (Å²) in [6.07, 6.45) is -15.3. The third kappa shape index (κ3) is 4.01. The fraction of sp³-hybridized carbons (Fsp3) is 0.619. The third-order valence-electron chi connectivity index (χ3n) is 6.70. The molecule has 1 aromatic rings. The van der Waals surface area contributed by atoms with Crippen molar-refractivity contribution in [1.82, 2.24) is 9.80 Å². The fourth-order valence-electron chi connectivity index (χ4n) is 4.93. The van der Waals surface area contributed by atoms with Crippen molar-refractivity contribution in [2.24, 2.45) is 0 Å². The highest BCUT2D eigenvalue weighted by atomic mass is 19.4. The van der Waals surface area contributed by atoms with E-state index in [0.717, 1.165) is 16.0 Å². The Kier molecular flexibility index (Phi) is 5.76. The Hall–Kier alpha value is -2.53. The van der Waals surface area contributed by atoms with E-state index in [1.54, 1.807) is 4.90 Å². The van der Waals surface area contributed by atoms with Gasteiger partial charge in [0.15, 0.2) is 0 Å². The molecule has 33 heavy (non-hydrogen) atoms. The molecule has 2 heterocycles. The van der Waals surface area contributed by atoms with Crippen LogP contribution < -0.4 is 0 Å². The third-order valence-corrected chi connectivity index (χ3v) is 6.70. The van der Waals surface area contributed by atoms with Gasteiger partial charge in [-0.25, -0.2) is 9.18 Å². The number of carbonyl (C=O) groups excluding carboxylic acids is 2. The Bertz CT molecular complexity index is 911. The second kappa shape index (κ2) is 8.05. The molecule has 4 rings (SSSR count). The molecule has 3 aliphatic rings. The Balaban J connectivity index is 1.37. The lowest BCUT2D eigenvalue weighted by molar-refractivity contribution is -0.343. The van der Waals surface area contributed by atoms with Crippen LogP contribution in [0.2, 0.25) is 0 Å². The standard InChI is InChI=1S/C21H21F7N2O3/c22-19(20(23,24)25,21(26,27)28)8-5-16(31)29-9-6-13(7-10-29)30-17-14-4-2-1-3-12(14)11-15(17)33-18(30)32/h1-4,13,15,17H,5-11H2/t15-,17+/m1/s1. The molecular weight excluding hydrogens is 461 g/mol. The zero-order chi connectivity index (χ0) is 24.2. The van der Waals surface area contributed by atoms with Gasteiger partial charge in [0.05, 0.1) is 6.04 Å². The predicted octanol–water partition coefficient (Wildman–Crippen LogP) is 4.71. The van der Waals surface area contributed by atoms with Gasteiger partial charge in [-0.3, -0.25) is 9.69 Å². The maximum absolute atomic E-state index is 13.8. The van der Waals surface area contributed by atoms with Crippen LogP contribution in [0.3, 0.4) is 0 Å². The molecule has 0 saturated carbocycles. The van der Waals surface area contributed by atoms with Crippen molar-refractivity contribution < 1.29 is 45.1 Å². The lowest BCUT2D eigenvalue weighted by Gasteiger charge is -2.38. The van der Waals surface area contributed by atoms with E-state index in [4.69, 9.17) is 4.74 Å². The average molecular weight is 482 g/mol. The van der Waals surface area contributed by atoms with Crippen LogP contribution in [-0.4, -0.2) is 65.1 Å². The molecule has 2 atom stereocenters. The molecular formula is C21H21F7N2O3. The van der Waals surface area contributed by atoms with Crippen molar-refractivity contribution in [2.75, 3.05) is 13.1 Å². The Morgan fingerprint density at radius 2 is 1.61 bits per heavy atom. The Morgan fingerprint density at radius 1 is 1.00 bits per heavy atom. The summed E-state index contributed by atoms with van der Waals surface area (Å²) in [5.41, 5.74) is -3.40. The first-order chi connectivity index (χ1) is 15.3. The van der Waals surface area contributed by atoms with Crippen molar-refractivity contribution in [2.45, 2.75) is 68.3 Å². The highest BCUT2D eigenvalue weighted by Gasteiger charge is 2.72. The van der Waals surface area contributed by atoms with E-state index in [1.807, 2.05) is 24.3 Å². The van der Waals surface area contributed by atoms with Gasteiger partial charge >= 0.3 is 18.4 Å². The molecule has 2 amide bonds. The number of piperidine rings is 1. The average Bonchev–Trinajstić information content (AvgIpc) is 3.24. The van der Waals surface area contributed by atoms with Crippen molar-refractivity contribution in [3.05, 3.63) is 35.4 Å². The highest BCUT2D eigenvalue weighted by molar-refractivity contribution is 5.76. The van der Waals surface area contributed by atoms with Gasteiger partial charge in [0.1, 0.15) is 6.10 Å². The molecule has 0 aromatic heterocycles. The van der Waals surface area contributed by atoms with E-state index >= 15 is 0 Å². The highest BCUT2D eigenvalue weighted by Crippen LogP contribution is 2.49. The zero-order valence-corrected chi connectivity index (χ0v) is 17.3. The smallest absolute Gasteiger partial charge is 0.431 e. The number of hydrogen-bond donors (Lipinski definition) is 0. The molecule has 0 bridgehead atoms. The van der Waals surface area contributed by atoms with Gasteiger partial charge in [0.2, 0.25) is 5.91 Å². The lowest BCUT2D eigenvalue weighted by atomic mass is 9.96. The monoisotopic (exact) mass is 482 g/mol. The summed E-state index contributed by atoms with van der Waals surface area (Å²) >= 11 is 0. The second-order valence-corrected chi connectivity index (χ2v) is 8.59. The summed E-state index contributed by atoms with van der Waals surface area (Å²) in [4.78, 5) is 27.5. The fourth-order valence-corrected chi connectivity index (χ4v) is 4.93. The molecule has 1 aromatic carbocycles. The van der Waals surface area contributed by atoms with Crippen molar-refractivity contribution in [1.29, 1.82) is 0 Å². The summed E-state index contributed by atoms with van der Waals surface area (Å²) in [6.45, 7) is 0.0628. The topological polar surface area (TPSA) is 49.9 Å². The quantitative estimate of drug-likeness (QED) is 0.585. The number of halogens is 7. The molecule has 12 heteroatoms. The van der Waals surface area contributed by atoms with Crippen LogP contribution in [0.5, 0.6) is 0 Å². The minimum absolute atomic E-state index is 0.0314. The van der Waals surface area contributed by atoms with Gasteiger partial charge in [-0.05, 0) is 24.0 Å². The number of amides is 2. The maximum Gasteiger partial charge on any atom is 0.431 e. The Labute approximate surface area is 184 Å². The van der Waals surface area contributed by atoms with Gasteiger partial charge in [-0.1, -0.05) is 24.3 Å². The first-order valence-corrected chi connectivity index (χ1v) is 10.5. The molecule has 0 unspecified atom stereocenters. The van der Waals surface area contributed by atoms with Crippen LogP contribution in [0.1, 0.15) is 42.9 Å². The maximum atomic E-state index is 13.8. The number of alkyl halides is 7. The SMILES string of the molecule is O=C(CCC(F)(C(F)(F)F)C(F)(F)F)N1CCC(N2C(=O)O[C@@H]3Cc4ccccc4[C@@H]32)CC1. The molecule has 1 aliphatic carbocycles. The van der Waals surface area contributed by atoms with Crippen molar-refractivity contribution >= 4 is 12.0 Å². The normalized spacial score (nSPS) is 24.0. The molecule has 2 aliphatic heterocycles.